The van der Waals surface area contributed by atoms with Crippen molar-refractivity contribution in [2.24, 2.45) is 40.4 Å². The first-order valence-corrected chi connectivity index (χ1v) is 13.2. The van der Waals surface area contributed by atoms with Crippen LogP contribution in [0.3, 0.4) is 0 Å². The van der Waals surface area contributed by atoms with E-state index in [0.29, 0.717) is 30.9 Å². The van der Waals surface area contributed by atoms with Gasteiger partial charge in [-0.25, -0.2) is 0 Å². The van der Waals surface area contributed by atoms with E-state index < -0.39 is 5.60 Å². The van der Waals surface area contributed by atoms with Crippen LogP contribution in [0.4, 0.5) is 0 Å². The molecule has 0 radical (unpaired) electrons. The van der Waals surface area contributed by atoms with Crippen LogP contribution >= 0.6 is 0 Å². The fourth-order valence-electron chi connectivity index (χ4n) is 9.06. The molecule has 0 spiro atoms. The summed E-state index contributed by atoms with van der Waals surface area (Å²) in [6.45, 7) is 10.0. The number of carbonyl (C=O) groups is 1. The van der Waals surface area contributed by atoms with Crippen LogP contribution in [0.25, 0.3) is 0 Å². The number of ether oxygens (including phenoxy) is 1. The van der Waals surface area contributed by atoms with Gasteiger partial charge in [-0.3, -0.25) is 4.79 Å². The zero-order valence-electron chi connectivity index (χ0n) is 20.9. The number of rotatable bonds is 6. The lowest BCUT2D eigenvalue weighted by Crippen LogP contribution is -2.56. The Bertz CT molecular complexity index is 889. The molecule has 5 rings (SSSR count). The van der Waals surface area contributed by atoms with Gasteiger partial charge in [0, 0.05) is 12.5 Å². The SMILES string of the molecule is CCOC[C@@]1(O)CC[C@@H]2[C@H]3CC[C@]4(C)[C@@H](C(=O)Cn5nnc(C)n5)CC[C@H]4[C@@H]3CC[C@@]2(C)C1. The number of hydrogen-bond donors (Lipinski definition) is 1. The third-order valence-corrected chi connectivity index (χ3v) is 10.4. The number of aryl methyl sites for hydroxylation is 1. The summed E-state index contributed by atoms with van der Waals surface area (Å²) >= 11 is 0. The largest absolute Gasteiger partial charge is 0.387 e. The lowest BCUT2D eigenvalue weighted by Gasteiger charge is -2.61. The average molecular weight is 459 g/mol. The van der Waals surface area contributed by atoms with Crippen molar-refractivity contribution in [3.05, 3.63) is 5.82 Å². The quantitative estimate of drug-likeness (QED) is 0.694. The molecule has 4 aliphatic rings. The summed E-state index contributed by atoms with van der Waals surface area (Å²) in [5.41, 5.74) is -0.342. The molecular weight excluding hydrogens is 416 g/mol. The average Bonchev–Trinajstić information content (AvgIpc) is 3.33. The van der Waals surface area contributed by atoms with Crippen LogP contribution in [-0.2, 0) is 16.1 Å². The van der Waals surface area contributed by atoms with Gasteiger partial charge in [0.2, 0.25) is 0 Å². The van der Waals surface area contributed by atoms with Gasteiger partial charge in [-0.05, 0) is 111 Å². The Balaban J connectivity index is 1.30. The van der Waals surface area contributed by atoms with E-state index >= 15 is 0 Å². The highest BCUT2D eigenvalue weighted by molar-refractivity contribution is 5.81. The van der Waals surface area contributed by atoms with E-state index in [4.69, 9.17) is 4.74 Å². The van der Waals surface area contributed by atoms with Crippen LogP contribution < -0.4 is 0 Å². The van der Waals surface area contributed by atoms with Crippen LogP contribution in [0.2, 0.25) is 0 Å². The minimum atomic E-state index is -0.657. The van der Waals surface area contributed by atoms with Crippen LogP contribution in [-0.4, -0.2) is 49.9 Å². The number of hydrogen-bond acceptors (Lipinski definition) is 6. The van der Waals surface area contributed by atoms with Gasteiger partial charge in [0.15, 0.2) is 11.6 Å². The molecule has 4 saturated carbocycles. The monoisotopic (exact) mass is 458 g/mol. The smallest absolute Gasteiger partial charge is 0.171 e. The van der Waals surface area contributed by atoms with Crippen LogP contribution in [0, 0.1) is 47.3 Å². The maximum absolute atomic E-state index is 13.3. The fourth-order valence-corrected chi connectivity index (χ4v) is 9.06. The number of aromatic nitrogens is 4. The number of ketones is 1. The Hall–Kier alpha value is -1.34. The van der Waals surface area contributed by atoms with E-state index in [0.717, 1.165) is 43.9 Å². The highest BCUT2D eigenvalue weighted by atomic mass is 16.5. The molecule has 1 aromatic rings. The van der Waals surface area contributed by atoms with Gasteiger partial charge in [-0.1, -0.05) is 13.8 Å². The maximum atomic E-state index is 13.3. The molecule has 33 heavy (non-hydrogen) atoms. The Morgan fingerprint density at radius 3 is 2.58 bits per heavy atom. The van der Waals surface area contributed by atoms with Gasteiger partial charge in [-0.15, -0.1) is 10.2 Å². The van der Waals surface area contributed by atoms with Crippen LogP contribution in [0.15, 0.2) is 0 Å². The molecule has 7 nitrogen and oxygen atoms in total. The molecule has 0 saturated heterocycles. The number of aliphatic hydroxyl groups is 1. The number of tetrazole rings is 1. The van der Waals surface area contributed by atoms with Crippen molar-refractivity contribution in [3.63, 3.8) is 0 Å². The molecule has 4 fully saturated rings. The molecule has 184 valence electrons. The molecule has 0 aliphatic heterocycles. The molecule has 8 atom stereocenters. The number of carbonyl (C=O) groups excluding carboxylic acids is 1. The Morgan fingerprint density at radius 2 is 1.85 bits per heavy atom. The Labute approximate surface area is 198 Å². The van der Waals surface area contributed by atoms with Crippen LogP contribution in [0.1, 0.15) is 84.4 Å². The zero-order valence-corrected chi connectivity index (χ0v) is 20.9. The minimum Gasteiger partial charge on any atom is -0.387 e. The summed E-state index contributed by atoms with van der Waals surface area (Å²) in [5.74, 6) is 3.83. The predicted molar refractivity (Wildman–Crippen MR) is 124 cm³/mol. The first-order chi connectivity index (χ1) is 15.7. The summed E-state index contributed by atoms with van der Waals surface area (Å²) in [6.07, 6.45) is 9.85. The third-order valence-electron chi connectivity index (χ3n) is 10.4. The molecule has 1 N–H and O–H groups in total. The van der Waals surface area contributed by atoms with Gasteiger partial charge >= 0.3 is 0 Å². The van der Waals surface area contributed by atoms with Crippen molar-refractivity contribution >= 4 is 5.78 Å². The van der Waals surface area contributed by atoms with E-state index in [1.807, 2.05) is 13.8 Å². The van der Waals surface area contributed by atoms with Gasteiger partial charge in [0.05, 0.1) is 12.2 Å². The molecular formula is C26H42N4O3. The summed E-state index contributed by atoms with van der Waals surface area (Å²) in [6, 6.07) is 0. The molecule has 0 aromatic carbocycles. The summed E-state index contributed by atoms with van der Waals surface area (Å²) in [7, 11) is 0. The number of Topliss-reactive ketones (excluding diaryl/α,β-unsaturated/α-hetero) is 1. The van der Waals surface area contributed by atoms with E-state index in [1.54, 1.807) is 0 Å². The summed E-state index contributed by atoms with van der Waals surface area (Å²) in [5, 5.41) is 23.4. The van der Waals surface area contributed by atoms with Gasteiger partial charge in [-0.2, -0.15) is 4.80 Å². The Kier molecular flexibility index (Phi) is 5.96. The van der Waals surface area contributed by atoms with Crippen molar-refractivity contribution in [3.8, 4) is 0 Å². The molecule has 7 heteroatoms. The van der Waals surface area contributed by atoms with Crippen molar-refractivity contribution in [2.75, 3.05) is 13.2 Å². The highest BCUT2D eigenvalue weighted by Crippen LogP contribution is 2.67. The molecule has 4 aliphatic carbocycles. The van der Waals surface area contributed by atoms with Crippen LogP contribution in [0.5, 0.6) is 0 Å². The van der Waals surface area contributed by atoms with E-state index in [9.17, 15) is 9.90 Å². The first-order valence-electron chi connectivity index (χ1n) is 13.2. The summed E-state index contributed by atoms with van der Waals surface area (Å²) < 4.78 is 5.66. The van der Waals surface area contributed by atoms with Crippen molar-refractivity contribution < 1.29 is 14.6 Å². The summed E-state index contributed by atoms with van der Waals surface area (Å²) in [4.78, 5) is 14.8. The molecule has 1 heterocycles. The standard InChI is InChI=1S/C26H42N4O3/c1-5-33-16-26(32)13-10-20-18-9-12-25(4)21(19(18)8-11-24(20,3)15-26)6-7-22(25)23(31)14-30-28-17(2)27-29-30/h18-22,32H,5-16H2,1-4H3/t18-,19+,20+,21-,22+,24-,25-,26+/m0/s1. The van der Waals surface area contributed by atoms with Gasteiger partial charge in [0.25, 0.3) is 0 Å². The normalized spacial score (nSPS) is 44.7. The van der Waals surface area contributed by atoms with E-state index in [2.05, 4.69) is 29.3 Å². The molecule has 0 bridgehead atoms. The second kappa shape index (κ2) is 8.40. The lowest BCUT2D eigenvalue weighted by atomic mass is 9.45. The molecule has 1 aromatic heterocycles. The van der Waals surface area contributed by atoms with Crippen molar-refractivity contribution in [1.29, 1.82) is 0 Å². The third kappa shape index (κ3) is 3.97. The number of nitrogens with zero attached hydrogens (tertiary/aromatic N) is 4. The molecule has 0 unspecified atom stereocenters. The maximum Gasteiger partial charge on any atom is 0.171 e. The Morgan fingerprint density at radius 1 is 1.09 bits per heavy atom. The fraction of sp³-hybridized carbons (Fsp3) is 0.923. The lowest BCUT2D eigenvalue weighted by molar-refractivity contribution is -0.162. The second-order valence-corrected chi connectivity index (χ2v) is 12.3. The first kappa shape index (κ1) is 23.4. The predicted octanol–water partition coefficient (Wildman–Crippen LogP) is 3.98. The highest BCUT2D eigenvalue weighted by Gasteiger charge is 2.61. The number of fused-ring (bicyclic) bond motifs is 5. The van der Waals surface area contributed by atoms with Crippen molar-refractivity contribution in [2.45, 2.75) is 97.6 Å². The zero-order chi connectivity index (χ0) is 23.4. The van der Waals surface area contributed by atoms with Crippen molar-refractivity contribution in [1.82, 2.24) is 20.2 Å². The van der Waals surface area contributed by atoms with E-state index in [-0.39, 0.29) is 29.1 Å². The molecule has 0 amide bonds. The minimum absolute atomic E-state index is 0.103. The van der Waals surface area contributed by atoms with E-state index in [1.165, 1.54) is 30.5 Å². The second-order valence-electron chi connectivity index (χ2n) is 12.3. The van der Waals surface area contributed by atoms with Gasteiger partial charge in [0.1, 0.15) is 6.54 Å². The van der Waals surface area contributed by atoms with Gasteiger partial charge < -0.3 is 9.84 Å². The topological polar surface area (TPSA) is 90.1 Å².